The van der Waals surface area contributed by atoms with Crippen molar-refractivity contribution < 1.29 is 0 Å². The van der Waals surface area contributed by atoms with E-state index < -0.39 is 0 Å². The summed E-state index contributed by atoms with van der Waals surface area (Å²) < 4.78 is 0. The van der Waals surface area contributed by atoms with Gasteiger partial charge in [0, 0.05) is 19.1 Å². The first-order valence-electron chi connectivity index (χ1n) is 5.68. The minimum atomic E-state index is 0.868. The molecule has 0 radical (unpaired) electrons. The molecular formula is C11H22N2. The average Bonchev–Trinajstić information content (AvgIpc) is 2.52. The van der Waals surface area contributed by atoms with Crippen molar-refractivity contribution in [3.8, 4) is 0 Å². The van der Waals surface area contributed by atoms with Gasteiger partial charge in [0.05, 0.1) is 0 Å². The molecule has 76 valence electrons. The number of hydrogen-bond donors (Lipinski definition) is 0. The second-order valence-electron chi connectivity index (χ2n) is 4.95. The second-order valence-corrected chi connectivity index (χ2v) is 4.95. The molecule has 2 rings (SSSR count). The predicted molar refractivity (Wildman–Crippen MR) is 55.9 cm³/mol. The molecule has 2 heteroatoms. The van der Waals surface area contributed by atoms with Crippen LogP contribution in [0.1, 0.15) is 26.2 Å². The fourth-order valence-electron chi connectivity index (χ4n) is 2.77. The zero-order chi connectivity index (χ0) is 9.26. The third kappa shape index (κ3) is 2.23. The molecule has 0 spiro atoms. The number of hydrogen-bond acceptors (Lipinski definition) is 2. The van der Waals surface area contributed by atoms with Crippen molar-refractivity contribution >= 4 is 0 Å². The van der Waals surface area contributed by atoms with Crippen LogP contribution in [0.2, 0.25) is 0 Å². The highest BCUT2D eigenvalue weighted by molar-refractivity contribution is 4.84. The molecule has 2 aliphatic rings. The minimum Gasteiger partial charge on any atom is -0.305 e. The topological polar surface area (TPSA) is 6.48 Å². The Kier molecular flexibility index (Phi) is 2.89. The smallest absolute Gasteiger partial charge is 0.0235 e. The molecule has 2 fully saturated rings. The van der Waals surface area contributed by atoms with Crippen molar-refractivity contribution in [2.45, 2.75) is 32.2 Å². The van der Waals surface area contributed by atoms with Gasteiger partial charge in [-0.05, 0) is 45.3 Å². The number of piperidine rings is 1. The fourth-order valence-corrected chi connectivity index (χ4v) is 2.77. The molecule has 0 bridgehead atoms. The van der Waals surface area contributed by atoms with Crippen LogP contribution >= 0.6 is 0 Å². The van der Waals surface area contributed by atoms with Crippen molar-refractivity contribution in [2.75, 3.05) is 33.2 Å². The second kappa shape index (κ2) is 3.97. The summed E-state index contributed by atoms with van der Waals surface area (Å²) in [7, 11) is 2.24. The highest BCUT2D eigenvalue weighted by Gasteiger charge is 2.28. The van der Waals surface area contributed by atoms with E-state index in [0.717, 1.165) is 12.0 Å². The molecule has 0 aromatic heterocycles. The van der Waals surface area contributed by atoms with Gasteiger partial charge in [-0.15, -0.1) is 0 Å². The van der Waals surface area contributed by atoms with Crippen LogP contribution in [0.25, 0.3) is 0 Å². The molecule has 2 aliphatic heterocycles. The van der Waals surface area contributed by atoms with Crippen molar-refractivity contribution in [1.82, 2.24) is 9.80 Å². The van der Waals surface area contributed by atoms with Crippen molar-refractivity contribution in [1.29, 1.82) is 0 Å². The molecule has 2 atom stereocenters. The maximum absolute atomic E-state index is 2.72. The summed E-state index contributed by atoms with van der Waals surface area (Å²) in [5.74, 6) is 0.930. The summed E-state index contributed by atoms with van der Waals surface area (Å²) in [6.45, 7) is 7.69. The monoisotopic (exact) mass is 182 g/mol. The minimum absolute atomic E-state index is 0.868. The van der Waals surface area contributed by atoms with Gasteiger partial charge in [0.15, 0.2) is 0 Å². The number of likely N-dealkylation sites (tertiary alicyclic amines) is 2. The van der Waals surface area contributed by atoms with Crippen molar-refractivity contribution in [3.05, 3.63) is 0 Å². The van der Waals surface area contributed by atoms with Crippen LogP contribution in [0, 0.1) is 5.92 Å². The first-order chi connectivity index (χ1) is 6.25. The average molecular weight is 182 g/mol. The molecule has 2 unspecified atom stereocenters. The van der Waals surface area contributed by atoms with Crippen LogP contribution < -0.4 is 0 Å². The Morgan fingerprint density at radius 3 is 2.54 bits per heavy atom. The first kappa shape index (κ1) is 9.47. The van der Waals surface area contributed by atoms with Gasteiger partial charge >= 0.3 is 0 Å². The van der Waals surface area contributed by atoms with E-state index in [2.05, 4.69) is 23.8 Å². The van der Waals surface area contributed by atoms with Crippen LogP contribution in [-0.2, 0) is 0 Å². The number of nitrogens with zero attached hydrogens (tertiary/aromatic N) is 2. The lowest BCUT2D eigenvalue weighted by Crippen LogP contribution is -2.43. The van der Waals surface area contributed by atoms with E-state index in [1.165, 1.54) is 45.4 Å². The summed E-state index contributed by atoms with van der Waals surface area (Å²) >= 11 is 0. The molecule has 0 amide bonds. The van der Waals surface area contributed by atoms with Gasteiger partial charge in [0.25, 0.3) is 0 Å². The van der Waals surface area contributed by atoms with Crippen molar-refractivity contribution in [2.24, 2.45) is 5.92 Å². The number of likely N-dealkylation sites (N-methyl/N-ethyl adjacent to an activating group) is 1. The van der Waals surface area contributed by atoms with Gasteiger partial charge in [-0.2, -0.15) is 0 Å². The SMILES string of the molecule is CC1CCCN(C2CCN(C)C2)C1. The zero-order valence-electron chi connectivity index (χ0n) is 9.00. The molecular weight excluding hydrogens is 160 g/mol. The van der Waals surface area contributed by atoms with Crippen LogP contribution in [-0.4, -0.2) is 49.1 Å². The summed E-state index contributed by atoms with van der Waals surface area (Å²) in [5.41, 5.74) is 0. The standard InChI is InChI=1S/C11H22N2/c1-10-4-3-6-13(8-10)11-5-7-12(2)9-11/h10-11H,3-9H2,1-2H3. The Morgan fingerprint density at radius 2 is 1.92 bits per heavy atom. The lowest BCUT2D eigenvalue weighted by atomic mass is 9.98. The predicted octanol–water partition coefficient (Wildman–Crippen LogP) is 1.42. The third-order valence-electron chi connectivity index (χ3n) is 3.57. The largest absolute Gasteiger partial charge is 0.305 e. The fraction of sp³-hybridized carbons (Fsp3) is 1.00. The molecule has 2 nitrogen and oxygen atoms in total. The van der Waals surface area contributed by atoms with E-state index in [4.69, 9.17) is 0 Å². The van der Waals surface area contributed by atoms with Gasteiger partial charge in [-0.1, -0.05) is 6.92 Å². The van der Waals surface area contributed by atoms with Crippen LogP contribution in [0.4, 0.5) is 0 Å². The Bertz CT molecular complexity index is 169. The maximum Gasteiger partial charge on any atom is 0.0235 e. The quantitative estimate of drug-likeness (QED) is 0.605. The summed E-state index contributed by atoms with van der Waals surface area (Å²) in [6.07, 6.45) is 4.25. The highest BCUT2D eigenvalue weighted by Crippen LogP contribution is 2.22. The van der Waals surface area contributed by atoms with Gasteiger partial charge < -0.3 is 4.90 Å². The zero-order valence-corrected chi connectivity index (χ0v) is 9.00. The lowest BCUT2D eigenvalue weighted by molar-refractivity contribution is 0.133. The van der Waals surface area contributed by atoms with E-state index in [-0.39, 0.29) is 0 Å². The summed E-state index contributed by atoms with van der Waals surface area (Å²) in [5, 5.41) is 0. The van der Waals surface area contributed by atoms with Gasteiger partial charge in [0.2, 0.25) is 0 Å². The molecule has 0 aliphatic carbocycles. The molecule has 13 heavy (non-hydrogen) atoms. The summed E-state index contributed by atoms with van der Waals surface area (Å²) in [4.78, 5) is 5.18. The molecule has 2 heterocycles. The highest BCUT2D eigenvalue weighted by atomic mass is 15.2. The van der Waals surface area contributed by atoms with E-state index in [9.17, 15) is 0 Å². The first-order valence-corrected chi connectivity index (χ1v) is 5.68. The molecule has 2 saturated heterocycles. The third-order valence-corrected chi connectivity index (χ3v) is 3.57. The van der Waals surface area contributed by atoms with E-state index in [1.807, 2.05) is 0 Å². The Hall–Kier alpha value is -0.0800. The van der Waals surface area contributed by atoms with E-state index in [1.54, 1.807) is 0 Å². The summed E-state index contributed by atoms with van der Waals surface area (Å²) in [6, 6.07) is 0.868. The number of rotatable bonds is 1. The molecule has 0 saturated carbocycles. The normalized spacial score (nSPS) is 38.3. The van der Waals surface area contributed by atoms with Gasteiger partial charge in [-0.25, -0.2) is 0 Å². The Balaban J connectivity index is 1.85. The molecule has 0 aromatic rings. The van der Waals surface area contributed by atoms with Crippen LogP contribution in [0.15, 0.2) is 0 Å². The van der Waals surface area contributed by atoms with Crippen LogP contribution in [0.3, 0.4) is 0 Å². The van der Waals surface area contributed by atoms with E-state index >= 15 is 0 Å². The van der Waals surface area contributed by atoms with Gasteiger partial charge in [-0.3, -0.25) is 4.90 Å². The molecule has 0 N–H and O–H groups in total. The lowest BCUT2D eigenvalue weighted by Gasteiger charge is -2.35. The maximum atomic E-state index is 2.72. The Labute approximate surface area is 81.9 Å². The Morgan fingerprint density at radius 1 is 1.08 bits per heavy atom. The molecule has 0 aromatic carbocycles. The van der Waals surface area contributed by atoms with E-state index in [0.29, 0.717) is 0 Å². The van der Waals surface area contributed by atoms with Crippen LogP contribution in [0.5, 0.6) is 0 Å². The van der Waals surface area contributed by atoms with Gasteiger partial charge in [0.1, 0.15) is 0 Å². The van der Waals surface area contributed by atoms with Crippen molar-refractivity contribution in [3.63, 3.8) is 0 Å².